The topological polar surface area (TPSA) is 0 Å². The zero-order valence-corrected chi connectivity index (χ0v) is 12.6. The summed E-state index contributed by atoms with van der Waals surface area (Å²) in [4.78, 5) is 0. The third-order valence-corrected chi connectivity index (χ3v) is 4.81. The molecule has 0 aromatic heterocycles. The highest BCUT2D eigenvalue weighted by molar-refractivity contribution is 5.28. The lowest BCUT2D eigenvalue weighted by Crippen LogP contribution is -2.15. The smallest absolute Gasteiger partial charge is 0.0160 e. The molecule has 2 rings (SSSR count). The van der Waals surface area contributed by atoms with Crippen molar-refractivity contribution in [1.82, 2.24) is 0 Å². The summed E-state index contributed by atoms with van der Waals surface area (Å²) in [5.74, 6) is 1.88. The molecule has 2 aliphatic rings. The lowest BCUT2D eigenvalue weighted by molar-refractivity contribution is 0.283. The molecule has 1 fully saturated rings. The predicted molar refractivity (Wildman–Crippen MR) is 85.2 cm³/mol. The third kappa shape index (κ3) is 5.01. The predicted octanol–water partition coefficient (Wildman–Crippen LogP) is 6.21. The Morgan fingerprint density at radius 2 is 1.84 bits per heavy atom. The zero-order chi connectivity index (χ0) is 13.3. The molecule has 2 aliphatic carbocycles. The molecule has 0 aliphatic heterocycles. The van der Waals surface area contributed by atoms with E-state index in [0.717, 1.165) is 18.3 Å². The van der Waals surface area contributed by atoms with Crippen molar-refractivity contribution in [3.8, 4) is 0 Å². The summed E-state index contributed by atoms with van der Waals surface area (Å²) in [5.41, 5.74) is 1.61. The standard InChI is InChI=1S/C19H30/c1-2-3-4-7-10-17-13-15-19(16-14-17)18-11-8-5-6-9-12-18/h5-6,8,11-12,17,19H,2-4,7,9-10,13-16H2,1H3. The van der Waals surface area contributed by atoms with Gasteiger partial charge in [-0.1, -0.05) is 69.4 Å². The van der Waals surface area contributed by atoms with Gasteiger partial charge < -0.3 is 0 Å². The van der Waals surface area contributed by atoms with Gasteiger partial charge in [0, 0.05) is 0 Å². The summed E-state index contributed by atoms with van der Waals surface area (Å²) in [6, 6.07) is 0. The van der Waals surface area contributed by atoms with Crippen LogP contribution in [0.1, 0.15) is 71.1 Å². The van der Waals surface area contributed by atoms with Crippen molar-refractivity contribution in [3.63, 3.8) is 0 Å². The molecular formula is C19H30. The largest absolute Gasteiger partial charge is 0.0807 e. The van der Waals surface area contributed by atoms with Crippen LogP contribution >= 0.6 is 0 Å². The Balaban J connectivity index is 1.69. The normalized spacial score (nSPS) is 27.1. The second-order valence-electron chi connectivity index (χ2n) is 6.29. The van der Waals surface area contributed by atoms with E-state index < -0.39 is 0 Å². The molecule has 106 valence electrons. The molecule has 0 spiro atoms. The van der Waals surface area contributed by atoms with Crippen LogP contribution in [0.4, 0.5) is 0 Å². The molecule has 0 unspecified atom stereocenters. The van der Waals surface area contributed by atoms with Crippen LogP contribution in [-0.2, 0) is 0 Å². The van der Waals surface area contributed by atoms with Crippen LogP contribution in [-0.4, -0.2) is 0 Å². The van der Waals surface area contributed by atoms with E-state index in [9.17, 15) is 0 Å². The van der Waals surface area contributed by atoms with Crippen LogP contribution in [0, 0.1) is 11.8 Å². The Kier molecular flexibility index (Phi) is 6.47. The maximum atomic E-state index is 2.44. The first kappa shape index (κ1) is 14.6. The van der Waals surface area contributed by atoms with Crippen LogP contribution in [0.15, 0.2) is 36.0 Å². The van der Waals surface area contributed by atoms with Crippen molar-refractivity contribution in [2.75, 3.05) is 0 Å². The van der Waals surface area contributed by atoms with Gasteiger partial charge in [0.2, 0.25) is 0 Å². The zero-order valence-electron chi connectivity index (χ0n) is 12.6. The molecule has 0 nitrogen and oxygen atoms in total. The molecule has 0 atom stereocenters. The van der Waals surface area contributed by atoms with E-state index in [1.807, 2.05) is 0 Å². The van der Waals surface area contributed by atoms with Gasteiger partial charge in [-0.2, -0.15) is 0 Å². The molecule has 0 aromatic carbocycles. The van der Waals surface area contributed by atoms with Crippen LogP contribution in [0.5, 0.6) is 0 Å². The lowest BCUT2D eigenvalue weighted by Gasteiger charge is -2.29. The van der Waals surface area contributed by atoms with E-state index in [1.165, 1.54) is 57.8 Å². The van der Waals surface area contributed by atoms with Gasteiger partial charge in [0.15, 0.2) is 0 Å². The fourth-order valence-electron chi connectivity index (χ4n) is 3.54. The Labute approximate surface area is 119 Å². The maximum Gasteiger partial charge on any atom is -0.0160 e. The first-order chi connectivity index (χ1) is 9.40. The Morgan fingerprint density at radius 1 is 1.00 bits per heavy atom. The number of rotatable bonds is 6. The Bertz CT molecular complexity index is 324. The molecule has 0 heteroatoms. The SMILES string of the molecule is CCCCCCC1CCC(C2=CCC=CC=C2)CC1. The van der Waals surface area contributed by atoms with Crippen molar-refractivity contribution in [3.05, 3.63) is 36.0 Å². The van der Waals surface area contributed by atoms with Gasteiger partial charge in [-0.05, 0) is 49.5 Å². The van der Waals surface area contributed by atoms with E-state index in [2.05, 4.69) is 37.3 Å². The summed E-state index contributed by atoms with van der Waals surface area (Å²) in [6.07, 6.45) is 25.5. The van der Waals surface area contributed by atoms with Gasteiger partial charge in [-0.25, -0.2) is 0 Å². The fourth-order valence-corrected chi connectivity index (χ4v) is 3.54. The highest BCUT2D eigenvalue weighted by Crippen LogP contribution is 2.36. The third-order valence-electron chi connectivity index (χ3n) is 4.81. The van der Waals surface area contributed by atoms with E-state index in [-0.39, 0.29) is 0 Å². The van der Waals surface area contributed by atoms with Crippen LogP contribution in [0.3, 0.4) is 0 Å². The Morgan fingerprint density at radius 3 is 2.63 bits per heavy atom. The maximum absolute atomic E-state index is 2.44. The lowest BCUT2D eigenvalue weighted by atomic mass is 9.76. The van der Waals surface area contributed by atoms with Gasteiger partial charge in [0.1, 0.15) is 0 Å². The first-order valence-electron chi connectivity index (χ1n) is 8.43. The number of hydrogen-bond acceptors (Lipinski definition) is 0. The van der Waals surface area contributed by atoms with Crippen LogP contribution in [0.25, 0.3) is 0 Å². The monoisotopic (exact) mass is 258 g/mol. The molecule has 0 aromatic rings. The molecule has 0 N–H and O–H groups in total. The van der Waals surface area contributed by atoms with E-state index in [1.54, 1.807) is 5.57 Å². The van der Waals surface area contributed by atoms with E-state index in [4.69, 9.17) is 0 Å². The number of hydrogen-bond donors (Lipinski definition) is 0. The van der Waals surface area contributed by atoms with Gasteiger partial charge in [-0.3, -0.25) is 0 Å². The van der Waals surface area contributed by atoms with Gasteiger partial charge in [-0.15, -0.1) is 0 Å². The second kappa shape index (κ2) is 8.40. The van der Waals surface area contributed by atoms with Crippen molar-refractivity contribution in [2.45, 2.75) is 71.1 Å². The minimum atomic E-state index is 0.850. The molecule has 0 radical (unpaired) electrons. The van der Waals surface area contributed by atoms with E-state index in [0.29, 0.717) is 0 Å². The first-order valence-corrected chi connectivity index (χ1v) is 8.43. The van der Waals surface area contributed by atoms with Gasteiger partial charge in [0.05, 0.1) is 0 Å². The van der Waals surface area contributed by atoms with Crippen LogP contribution in [0.2, 0.25) is 0 Å². The van der Waals surface area contributed by atoms with Gasteiger partial charge >= 0.3 is 0 Å². The van der Waals surface area contributed by atoms with Crippen molar-refractivity contribution in [2.24, 2.45) is 11.8 Å². The quantitative estimate of drug-likeness (QED) is 0.497. The number of unbranched alkanes of at least 4 members (excludes halogenated alkanes) is 3. The fraction of sp³-hybridized carbons (Fsp3) is 0.684. The molecule has 0 bridgehead atoms. The molecule has 19 heavy (non-hydrogen) atoms. The highest BCUT2D eigenvalue weighted by atomic mass is 14.3. The second-order valence-corrected chi connectivity index (χ2v) is 6.29. The highest BCUT2D eigenvalue weighted by Gasteiger charge is 2.22. The minimum Gasteiger partial charge on any atom is -0.0807 e. The molecule has 0 saturated heterocycles. The minimum absolute atomic E-state index is 0.850. The summed E-state index contributed by atoms with van der Waals surface area (Å²) < 4.78 is 0. The molecule has 1 saturated carbocycles. The average Bonchev–Trinajstić information content (AvgIpc) is 2.73. The average molecular weight is 258 g/mol. The summed E-state index contributed by atoms with van der Waals surface area (Å²) in [6.45, 7) is 2.30. The summed E-state index contributed by atoms with van der Waals surface area (Å²) in [7, 11) is 0. The van der Waals surface area contributed by atoms with Gasteiger partial charge in [0.25, 0.3) is 0 Å². The molecular weight excluding hydrogens is 228 g/mol. The summed E-state index contributed by atoms with van der Waals surface area (Å²) >= 11 is 0. The summed E-state index contributed by atoms with van der Waals surface area (Å²) in [5, 5.41) is 0. The Hall–Kier alpha value is -0.780. The number of allylic oxidation sites excluding steroid dienone is 6. The molecule has 0 amide bonds. The molecule has 0 heterocycles. The van der Waals surface area contributed by atoms with Crippen molar-refractivity contribution >= 4 is 0 Å². The van der Waals surface area contributed by atoms with Crippen LogP contribution < -0.4 is 0 Å². The van der Waals surface area contributed by atoms with E-state index >= 15 is 0 Å². The van der Waals surface area contributed by atoms with Crippen molar-refractivity contribution < 1.29 is 0 Å². The van der Waals surface area contributed by atoms with Crippen molar-refractivity contribution in [1.29, 1.82) is 0 Å².